The van der Waals surface area contributed by atoms with Crippen LogP contribution in [0.3, 0.4) is 0 Å². The fraction of sp³-hybridized carbons (Fsp3) is 0.857. The molecule has 108 valence electrons. The Balaban J connectivity index is 2.35. The van der Waals surface area contributed by atoms with Gasteiger partial charge in [-0.15, -0.1) is 0 Å². The van der Waals surface area contributed by atoms with E-state index in [4.69, 9.17) is 11.0 Å². The number of hydrogen-bond acceptors (Lipinski definition) is 4. The second kappa shape index (κ2) is 6.88. The topological polar surface area (TPSA) is 73.4 Å². The Labute approximate surface area is 116 Å². The second-order valence-electron chi connectivity index (χ2n) is 6.31. The van der Waals surface area contributed by atoms with Crippen molar-refractivity contribution in [3.63, 3.8) is 0 Å². The van der Waals surface area contributed by atoms with Gasteiger partial charge in [0.2, 0.25) is 5.91 Å². The van der Waals surface area contributed by atoms with Crippen molar-refractivity contribution >= 4 is 5.91 Å². The average molecular weight is 266 g/mol. The van der Waals surface area contributed by atoms with E-state index in [1.165, 1.54) is 0 Å². The molecule has 1 unspecified atom stereocenters. The van der Waals surface area contributed by atoms with Crippen LogP contribution >= 0.6 is 0 Å². The van der Waals surface area contributed by atoms with Crippen LogP contribution in [-0.4, -0.2) is 54.5 Å². The number of carbonyl (C=O) groups is 1. The molecule has 5 nitrogen and oxygen atoms in total. The van der Waals surface area contributed by atoms with E-state index in [2.05, 4.69) is 31.7 Å². The fourth-order valence-electron chi connectivity index (χ4n) is 2.05. The molecule has 0 aromatic heterocycles. The van der Waals surface area contributed by atoms with Crippen LogP contribution in [0.15, 0.2) is 0 Å². The quantitative estimate of drug-likeness (QED) is 0.817. The lowest BCUT2D eigenvalue weighted by Gasteiger charge is -2.36. The number of hydrogen-bond donors (Lipinski definition) is 1. The van der Waals surface area contributed by atoms with Crippen LogP contribution in [-0.2, 0) is 4.79 Å². The van der Waals surface area contributed by atoms with E-state index >= 15 is 0 Å². The average Bonchev–Trinajstić information content (AvgIpc) is 2.35. The van der Waals surface area contributed by atoms with Crippen molar-refractivity contribution in [3.8, 4) is 6.07 Å². The molecular formula is C14H26N4O. The molecule has 1 amide bonds. The zero-order valence-electron chi connectivity index (χ0n) is 12.4. The normalized spacial score (nSPS) is 19.0. The molecule has 1 fully saturated rings. The molecule has 1 atom stereocenters. The third-order valence-electron chi connectivity index (χ3n) is 3.77. The third-order valence-corrected chi connectivity index (χ3v) is 3.77. The summed E-state index contributed by atoms with van der Waals surface area (Å²) in [7, 11) is 0. The number of nitrogens with two attached hydrogens (primary N) is 1. The predicted octanol–water partition coefficient (Wildman–Crippen LogP) is 0.808. The summed E-state index contributed by atoms with van der Waals surface area (Å²) < 4.78 is 0. The number of piperazine rings is 1. The highest BCUT2D eigenvalue weighted by Gasteiger charge is 2.27. The monoisotopic (exact) mass is 266 g/mol. The SMILES string of the molecule is CC(C)(C)C(N)CC(=O)N1CCN(CCC#N)CC1. The van der Waals surface area contributed by atoms with Gasteiger partial charge in [0.05, 0.1) is 6.07 Å². The Hall–Kier alpha value is -1.12. The van der Waals surface area contributed by atoms with Gasteiger partial charge >= 0.3 is 0 Å². The van der Waals surface area contributed by atoms with Crippen LogP contribution in [0.1, 0.15) is 33.6 Å². The molecular weight excluding hydrogens is 240 g/mol. The standard InChI is InChI=1S/C14H26N4O/c1-14(2,3)12(16)11-13(19)18-9-7-17(8-10-18)6-4-5-15/h12H,4,6-11,16H2,1-3H3. The lowest BCUT2D eigenvalue weighted by atomic mass is 9.85. The molecule has 1 rings (SSSR count). The first-order valence-electron chi connectivity index (χ1n) is 6.97. The number of amides is 1. The van der Waals surface area contributed by atoms with Gasteiger partial charge in [0.1, 0.15) is 0 Å². The van der Waals surface area contributed by atoms with E-state index in [1.807, 2.05) is 4.90 Å². The van der Waals surface area contributed by atoms with Crippen LogP contribution in [0, 0.1) is 16.7 Å². The lowest BCUT2D eigenvalue weighted by Crippen LogP contribution is -2.50. The zero-order valence-corrected chi connectivity index (χ0v) is 12.4. The minimum absolute atomic E-state index is 0.0374. The summed E-state index contributed by atoms with van der Waals surface area (Å²) in [4.78, 5) is 16.3. The Morgan fingerprint density at radius 2 is 1.89 bits per heavy atom. The summed E-state index contributed by atoms with van der Waals surface area (Å²) in [6.07, 6.45) is 0.977. The van der Waals surface area contributed by atoms with Gasteiger partial charge in [-0.3, -0.25) is 9.69 Å². The molecule has 1 aliphatic heterocycles. The van der Waals surface area contributed by atoms with Crippen molar-refractivity contribution in [2.75, 3.05) is 32.7 Å². The van der Waals surface area contributed by atoms with Gasteiger partial charge in [-0.1, -0.05) is 20.8 Å². The minimum atomic E-state index is -0.100. The Morgan fingerprint density at radius 3 is 2.37 bits per heavy atom. The molecule has 19 heavy (non-hydrogen) atoms. The van der Waals surface area contributed by atoms with Gasteiger partial charge in [-0.25, -0.2) is 0 Å². The van der Waals surface area contributed by atoms with Crippen LogP contribution in [0.5, 0.6) is 0 Å². The highest BCUT2D eigenvalue weighted by Crippen LogP contribution is 2.20. The number of nitrogens with zero attached hydrogens (tertiary/aromatic N) is 3. The summed E-state index contributed by atoms with van der Waals surface area (Å²) >= 11 is 0. The van der Waals surface area contributed by atoms with Gasteiger partial charge in [0.25, 0.3) is 0 Å². The molecule has 0 radical (unpaired) electrons. The highest BCUT2D eigenvalue weighted by atomic mass is 16.2. The number of rotatable bonds is 4. The Morgan fingerprint density at radius 1 is 1.32 bits per heavy atom. The van der Waals surface area contributed by atoms with Crippen molar-refractivity contribution in [3.05, 3.63) is 0 Å². The fourth-order valence-corrected chi connectivity index (χ4v) is 2.05. The van der Waals surface area contributed by atoms with Crippen molar-refractivity contribution in [1.29, 1.82) is 5.26 Å². The van der Waals surface area contributed by atoms with Crippen LogP contribution in [0.25, 0.3) is 0 Å². The molecule has 0 aromatic carbocycles. The largest absolute Gasteiger partial charge is 0.340 e. The van der Waals surface area contributed by atoms with Gasteiger partial charge in [-0.05, 0) is 5.41 Å². The predicted molar refractivity (Wildman–Crippen MR) is 75.3 cm³/mol. The van der Waals surface area contributed by atoms with Crippen molar-refractivity contribution in [1.82, 2.24) is 9.80 Å². The summed E-state index contributed by atoms with van der Waals surface area (Å²) in [5, 5.41) is 8.56. The van der Waals surface area contributed by atoms with E-state index < -0.39 is 0 Å². The lowest BCUT2D eigenvalue weighted by molar-refractivity contribution is -0.133. The molecule has 1 aliphatic rings. The third kappa shape index (κ3) is 5.17. The first-order chi connectivity index (χ1) is 8.84. The summed E-state index contributed by atoms with van der Waals surface area (Å²) in [6.45, 7) is 10.2. The maximum absolute atomic E-state index is 12.2. The smallest absolute Gasteiger partial charge is 0.224 e. The maximum atomic E-state index is 12.2. The van der Waals surface area contributed by atoms with E-state index in [0.717, 1.165) is 32.7 Å². The van der Waals surface area contributed by atoms with Crippen LogP contribution < -0.4 is 5.73 Å². The van der Waals surface area contributed by atoms with Gasteiger partial charge in [0, 0.05) is 51.6 Å². The van der Waals surface area contributed by atoms with Gasteiger partial charge in [-0.2, -0.15) is 5.26 Å². The van der Waals surface area contributed by atoms with E-state index in [1.54, 1.807) is 0 Å². The van der Waals surface area contributed by atoms with Crippen LogP contribution in [0.2, 0.25) is 0 Å². The zero-order chi connectivity index (χ0) is 14.5. The Kier molecular flexibility index (Phi) is 5.77. The molecule has 2 N–H and O–H groups in total. The van der Waals surface area contributed by atoms with E-state index in [-0.39, 0.29) is 17.4 Å². The first-order valence-corrected chi connectivity index (χ1v) is 6.97. The van der Waals surface area contributed by atoms with E-state index in [9.17, 15) is 4.79 Å². The highest BCUT2D eigenvalue weighted by molar-refractivity contribution is 5.77. The minimum Gasteiger partial charge on any atom is -0.340 e. The van der Waals surface area contributed by atoms with Gasteiger partial charge < -0.3 is 10.6 Å². The van der Waals surface area contributed by atoms with Crippen molar-refractivity contribution in [2.45, 2.75) is 39.7 Å². The molecule has 0 aliphatic carbocycles. The Bertz CT molecular complexity index is 334. The van der Waals surface area contributed by atoms with Crippen molar-refractivity contribution in [2.24, 2.45) is 11.1 Å². The van der Waals surface area contributed by atoms with E-state index in [0.29, 0.717) is 12.8 Å². The molecule has 1 saturated heterocycles. The van der Waals surface area contributed by atoms with Crippen LogP contribution in [0.4, 0.5) is 0 Å². The summed E-state index contributed by atoms with van der Waals surface area (Å²) in [5.74, 6) is 0.155. The molecule has 0 aromatic rings. The second-order valence-corrected chi connectivity index (χ2v) is 6.31. The summed E-state index contributed by atoms with van der Waals surface area (Å²) in [6, 6.07) is 2.05. The van der Waals surface area contributed by atoms with Crippen molar-refractivity contribution < 1.29 is 4.79 Å². The number of nitriles is 1. The molecule has 0 bridgehead atoms. The maximum Gasteiger partial charge on any atom is 0.224 e. The summed E-state index contributed by atoms with van der Waals surface area (Å²) in [5.41, 5.74) is 6.02. The van der Waals surface area contributed by atoms with Gasteiger partial charge in [0.15, 0.2) is 0 Å². The molecule has 5 heteroatoms. The molecule has 1 heterocycles. The first kappa shape index (κ1) is 15.9. The molecule has 0 saturated carbocycles. The number of carbonyl (C=O) groups excluding carboxylic acids is 1. The molecule has 0 spiro atoms.